The zero-order valence-corrected chi connectivity index (χ0v) is 12.4. The second kappa shape index (κ2) is 6.15. The van der Waals surface area contributed by atoms with Gasteiger partial charge in [0.05, 0.1) is 6.20 Å². The lowest BCUT2D eigenvalue weighted by Gasteiger charge is -2.04. The fourth-order valence-corrected chi connectivity index (χ4v) is 2.13. The highest BCUT2D eigenvalue weighted by Gasteiger charge is 2.18. The van der Waals surface area contributed by atoms with Crippen LogP contribution in [0.15, 0.2) is 42.7 Å². The van der Waals surface area contributed by atoms with Crippen molar-refractivity contribution in [2.45, 2.75) is 6.92 Å². The maximum Gasteiger partial charge on any atom is 0.277 e. The number of rotatable bonds is 3. The molecule has 24 heavy (non-hydrogen) atoms. The Morgan fingerprint density at radius 2 is 1.83 bits per heavy atom. The van der Waals surface area contributed by atoms with E-state index in [1.807, 2.05) is 0 Å². The molecule has 1 amide bonds. The van der Waals surface area contributed by atoms with Crippen LogP contribution in [0.4, 0.5) is 19.0 Å². The predicted octanol–water partition coefficient (Wildman–Crippen LogP) is 3.25. The quantitative estimate of drug-likeness (QED) is 0.801. The van der Waals surface area contributed by atoms with Crippen molar-refractivity contribution < 1.29 is 18.0 Å². The van der Waals surface area contributed by atoms with Crippen LogP contribution in [0, 0.1) is 24.4 Å². The molecule has 0 saturated carbocycles. The molecule has 2 aromatic heterocycles. The summed E-state index contributed by atoms with van der Waals surface area (Å²) >= 11 is 0. The number of amides is 1. The number of para-hydroxylation sites is 1. The van der Waals surface area contributed by atoms with Crippen LogP contribution < -0.4 is 5.32 Å². The second-order valence-electron chi connectivity index (χ2n) is 4.99. The average molecular weight is 332 g/mol. The molecule has 8 heteroatoms. The fourth-order valence-electron chi connectivity index (χ4n) is 2.13. The first-order valence-corrected chi connectivity index (χ1v) is 6.89. The van der Waals surface area contributed by atoms with Crippen molar-refractivity contribution in [3.8, 4) is 5.69 Å². The molecule has 0 aliphatic carbocycles. The highest BCUT2D eigenvalue weighted by atomic mass is 19.1. The number of hydrogen-bond donors (Lipinski definition) is 1. The molecule has 5 nitrogen and oxygen atoms in total. The molecule has 0 saturated heterocycles. The van der Waals surface area contributed by atoms with Gasteiger partial charge in [0, 0.05) is 11.8 Å². The second-order valence-corrected chi connectivity index (χ2v) is 4.99. The van der Waals surface area contributed by atoms with Crippen LogP contribution in [0.25, 0.3) is 5.69 Å². The van der Waals surface area contributed by atoms with E-state index in [4.69, 9.17) is 0 Å². The Balaban J connectivity index is 1.91. The third kappa shape index (κ3) is 2.98. The summed E-state index contributed by atoms with van der Waals surface area (Å²) in [4.78, 5) is 15.9. The predicted molar refractivity (Wildman–Crippen MR) is 80.4 cm³/mol. The summed E-state index contributed by atoms with van der Waals surface area (Å²) in [5.41, 5.74) is 0.0144. The van der Waals surface area contributed by atoms with Crippen LogP contribution in [0.5, 0.6) is 0 Å². The highest BCUT2D eigenvalue weighted by Crippen LogP contribution is 2.19. The van der Waals surface area contributed by atoms with Gasteiger partial charge in [0.1, 0.15) is 17.3 Å². The molecular weight excluding hydrogens is 321 g/mol. The van der Waals surface area contributed by atoms with Gasteiger partial charge < -0.3 is 5.32 Å². The van der Waals surface area contributed by atoms with Crippen molar-refractivity contribution in [2.24, 2.45) is 0 Å². The molecule has 0 fully saturated rings. The summed E-state index contributed by atoms with van der Waals surface area (Å²) in [5, 5.41) is 6.38. The number of aryl methyl sites for hydroxylation is 1. The van der Waals surface area contributed by atoms with Crippen molar-refractivity contribution >= 4 is 11.7 Å². The zero-order chi connectivity index (χ0) is 17.3. The lowest BCUT2D eigenvalue weighted by Crippen LogP contribution is -2.15. The smallest absolute Gasteiger partial charge is 0.277 e. The number of hydrogen-bond acceptors (Lipinski definition) is 3. The molecule has 0 radical (unpaired) electrons. The zero-order valence-electron chi connectivity index (χ0n) is 12.4. The van der Waals surface area contributed by atoms with Crippen LogP contribution in [0.1, 0.15) is 16.1 Å². The lowest BCUT2D eigenvalue weighted by atomic mass is 10.2. The van der Waals surface area contributed by atoms with Crippen LogP contribution in [0.2, 0.25) is 0 Å². The van der Waals surface area contributed by atoms with Crippen molar-refractivity contribution in [3.05, 3.63) is 71.4 Å². The van der Waals surface area contributed by atoms with Gasteiger partial charge >= 0.3 is 0 Å². The summed E-state index contributed by atoms with van der Waals surface area (Å²) < 4.78 is 41.4. The molecule has 3 aromatic rings. The summed E-state index contributed by atoms with van der Waals surface area (Å²) in [6.45, 7) is 1.58. The molecule has 3 rings (SSSR count). The number of halogens is 3. The summed E-state index contributed by atoms with van der Waals surface area (Å²) in [6.07, 6.45) is 2.30. The SMILES string of the molecule is Cc1cn(-c2c(F)cccc2F)nc1C(=O)Nc1ccc(F)cn1. The summed E-state index contributed by atoms with van der Waals surface area (Å²) in [5.74, 6) is -2.63. The third-order valence-corrected chi connectivity index (χ3v) is 3.25. The normalized spacial score (nSPS) is 10.7. The Morgan fingerprint density at radius 1 is 1.12 bits per heavy atom. The largest absolute Gasteiger partial charge is 0.305 e. The number of anilines is 1. The standard InChI is InChI=1S/C16H11F3N4O/c1-9-8-23(15-11(18)3-2-4-12(15)19)22-14(9)16(24)21-13-6-5-10(17)7-20-13/h2-8H,1H3,(H,20,21,24). The average Bonchev–Trinajstić information content (AvgIpc) is 2.91. The molecule has 0 spiro atoms. The first-order valence-electron chi connectivity index (χ1n) is 6.89. The van der Waals surface area contributed by atoms with E-state index in [1.165, 1.54) is 18.3 Å². The van der Waals surface area contributed by atoms with E-state index >= 15 is 0 Å². The number of benzene rings is 1. The molecule has 1 N–H and O–H groups in total. The Morgan fingerprint density at radius 3 is 2.46 bits per heavy atom. The van der Waals surface area contributed by atoms with Gasteiger partial charge in [0.2, 0.25) is 0 Å². The Labute approximate surface area is 134 Å². The van der Waals surface area contributed by atoms with Crippen LogP contribution >= 0.6 is 0 Å². The van der Waals surface area contributed by atoms with Gasteiger partial charge in [-0.2, -0.15) is 5.10 Å². The van der Waals surface area contributed by atoms with Gasteiger partial charge in [-0.15, -0.1) is 0 Å². The van der Waals surface area contributed by atoms with Gasteiger partial charge in [0.15, 0.2) is 17.3 Å². The molecule has 1 aromatic carbocycles. The van der Waals surface area contributed by atoms with Gasteiger partial charge in [-0.3, -0.25) is 4.79 Å². The number of carbonyl (C=O) groups is 1. The van der Waals surface area contributed by atoms with E-state index in [2.05, 4.69) is 15.4 Å². The molecule has 0 bridgehead atoms. The molecule has 0 atom stereocenters. The van der Waals surface area contributed by atoms with E-state index in [-0.39, 0.29) is 17.2 Å². The van der Waals surface area contributed by atoms with Gasteiger partial charge in [-0.25, -0.2) is 22.8 Å². The van der Waals surface area contributed by atoms with E-state index in [1.54, 1.807) is 6.92 Å². The Hall–Kier alpha value is -3.16. The first-order chi connectivity index (χ1) is 11.5. The monoisotopic (exact) mass is 332 g/mol. The number of pyridine rings is 1. The Bertz CT molecular complexity index is 886. The topological polar surface area (TPSA) is 59.8 Å². The van der Waals surface area contributed by atoms with Crippen molar-refractivity contribution in [1.29, 1.82) is 0 Å². The minimum atomic E-state index is -0.801. The molecule has 0 aliphatic heterocycles. The van der Waals surface area contributed by atoms with E-state index < -0.39 is 23.4 Å². The van der Waals surface area contributed by atoms with Gasteiger partial charge in [-0.1, -0.05) is 6.07 Å². The number of nitrogens with zero attached hydrogens (tertiary/aromatic N) is 3. The highest BCUT2D eigenvalue weighted by molar-refractivity contribution is 6.03. The third-order valence-electron chi connectivity index (χ3n) is 3.25. The fraction of sp³-hybridized carbons (Fsp3) is 0.0625. The van der Waals surface area contributed by atoms with E-state index in [0.29, 0.717) is 5.56 Å². The van der Waals surface area contributed by atoms with Gasteiger partial charge in [-0.05, 0) is 31.2 Å². The maximum atomic E-state index is 13.8. The van der Waals surface area contributed by atoms with Crippen LogP contribution in [-0.2, 0) is 0 Å². The van der Waals surface area contributed by atoms with Crippen molar-refractivity contribution in [2.75, 3.05) is 5.32 Å². The van der Waals surface area contributed by atoms with Crippen molar-refractivity contribution in [3.63, 3.8) is 0 Å². The number of aromatic nitrogens is 3. The molecule has 0 unspecified atom stereocenters. The molecule has 122 valence electrons. The molecule has 2 heterocycles. The van der Waals surface area contributed by atoms with E-state index in [9.17, 15) is 18.0 Å². The minimum absolute atomic E-state index is 0.0243. The first kappa shape index (κ1) is 15.7. The van der Waals surface area contributed by atoms with E-state index in [0.717, 1.165) is 29.1 Å². The van der Waals surface area contributed by atoms with Crippen LogP contribution in [0.3, 0.4) is 0 Å². The van der Waals surface area contributed by atoms with Gasteiger partial charge in [0.25, 0.3) is 5.91 Å². The molecule has 0 aliphatic rings. The van der Waals surface area contributed by atoms with Crippen molar-refractivity contribution in [1.82, 2.24) is 14.8 Å². The Kier molecular flexibility index (Phi) is 4.03. The number of carbonyl (C=O) groups excluding carboxylic acids is 1. The van der Waals surface area contributed by atoms with Crippen LogP contribution in [-0.4, -0.2) is 20.7 Å². The minimum Gasteiger partial charge on any atom is -0.305 e. The summed E-state index contributed by atoms with van der Waals surface area (Å²) in [7, 11) is 0. The maximum absolute atomic E-state index is 13.8. The number of nitrogens with one attached hydrogen (secondary N) is 1. The lowest BCUT2D eigenvalue weighted by molar-refractivity contribution is 0.102. The summed E-state index contributed by atoms with van der Waals surface area (Å²) in [6, 6.07) is 5.85. The molecular formula is C16H11F3N4O.